The van der Waals surface area contributed by atoms with Gasteiger partial charge in [0.05, 0.1) is 5.69 Å². The summed E-state index contributed by atoms with van der Waals surface area (Å²) in [5, 5.41) is 3.53. The zero-order chi connectivity index (χ0) is 10.7. The normalized spacial score (nSPS) is 19.1. The number of pyridine rings is 1. The van der Waals surface area contributed by atoms with Gasteiger partial charge in [-0.1, -0.05) is 18.9 Å². The first-order valence-corrected chi connectivity index (χ1v) is 5.66. The third-order valence-electron chi connectivity index (χ3n) is 3.15. The highest BCUT2D eigenvalue weighted by molar-refractivity contribution is 5.38. The van der Waals surface area contributed by atoms with Gasteiger partial charge in [0.15, 0.2) is 0 Å². The Morgan fingerprint density at radius 2 is 2.13 bits per heavy atom. The van der Waals surface area contributed by atoms with Crippen LogP contribution in [0.3, 0.4) is 0 Å². The fourth-order valence-electron chi connectivity index (χ4n) is 2.25. The monoisotopic (exact) mass is 205 g/mol. The quantitative estimate of drug-likeness (QED) is 0.796. The van der Waals surface area contributed by atoms with Crippen molar-refractivity contribution in [3.63, 3.8) is 0 Å². The van der Waals surface area contributed by atoms with Crippen LogP contribution in [0.25, 0.3) is 0 Å². The summed E-state index contributed by atoms with van der Waals surface area (Å²) in [5.74, 6) is 0.961. The van der Waals surface area contributed by atoms with Gasteiger partial charge in [-0.3, -0.25) is 0 Å². The minimum atomic E-state index is 0.236. The number of hydrogen-bond acceptors (Lipinski definition) is 3. The van der Waals surface area contributed by atoms with Gasteiger partial charge in [-0.25, -0.2) is 4.98 Å². The highest BCUT2D eigenvalue weighted by Crippen LogP contribution is 2.31. The molecule has 15 heavy (non-hydrogen) atoms. The smallest absolute Gasteiger partial charge is 0.126 e. The molecule has 0 aromatic carbocycles. The second-order valence-electron chi connectivity index (χ2n) is 4.61. The van der Waals surface area contributed by atoms with Crippen LogP contribution in [0.1, 0.15) is 38.3 Å². The average Bonchev–Trinajstić information content (AvgIpc) is 2.65. The molecule has 1 aromatic rings. The molecular formula is C12H19N3. The number of anilines is 1. The molecule has 1 aliphatic carbocycles. The van der Waals surface area contributed by atoms with E-state index in [4.69, 9.17) is 5.73 Å². The van der Waals surface area contributed by atoms with E-state index in [-0.39, 0.29) is 5.54 Å². The van der Waals surface area contributed by atoms with Gasteiger partial charge in [0, 0.05) is 12.1 Å². The zero-order valence-electron chi connectivity index (χ0n) is 9.29. The Morgan fingerprint density at radius 1 is 1.40 bits per heavy atom. The molecule has 0 unspecified atom stereocenters. The minimum Gasteiger partial charge on any atom is -0.365 e. The SMILES string of the molecule is CC1(Nc2cccc(CN)n2)CCCC1. The van der Waals surface area contributed by atoms with Crippen LogP contribution in [-0.4, -0.2) is 10.5 Å². The number of hydrogen-bond donors (Lipinski definition) is 2. The molecule has 3 nitrogen and oxygen atoms in total. The molecule has 0 aliphatic heterocycles. The molecular weight excluding hydrogens is 186 g/mol. The van der Waals surface area contributed by atoms with E-state index >= 15 is 0 Å². The van der Waals surface area contributed by atoms with Crippen molar-refractivity contribution in [2.45, 2.75) is 44.7 Å². The van der Waals surface area contributed by atoms with Crippen molar-refractivity contribution >= 4 is 5.82 Å². The molecule has 3 heteroatoms. The van der Waals surface area contributed by atoms with Gasteiger partial charge in [0.25, 0.3) is 0 Å². The zero-order valence-corrected chi connectivity index (χ0v) is 9.29. The summed E-state index contributed by atoms with van der Waals surface area (Å²) >= 11 is 0. The summed E-state index contributed by atoms with van der Waals surface area (Å²) in [6.07, 6.45) is 5.11. The van der Waals surface area contributed by atoms with Crippen molar-refractivity contribution in [3.8, 4) is 0 Å². The summed E-state index contributed by atoms with van der Waals surface area (Å²) in [5.41, 5.74) is 6.75. The van der Waals surface area contributed by atoms with Crippen LogP contribution in [-0.2, 0) is 6.54 Å². The Labute approximate surface area is 91.1 Å². The van der Waals surface area contributed by atoms with E-state index in [1.54, 1.807) is 0 Å². The maximum Gasteiger partial charge on any atom is 0.126 e. The van der Waals surface area contributed by atoms with Crippen LogP contribution in [0.15, 0.2) is 18.2 Å². The van der Waals surface area contributed by atoms with Gasteiger partial charge < -0.3 is 11.1 Å². The molecule has 0 bridgehead atoms. The van der Waals surface area contributed by atoms with Gasteiger partial charge in [-0.05, 0) is 31.9 Å². The van der Waals surface area contributed by atoms with Gasteiger partial charge in [0.1, 0.15) is 5.82 Å². The summed E-state index contributed by atoms with van der Waals surface area (Å²) < 4.78 is 0. The third kappa shape index (κ3) is 2.48. The predicted molar refractivity (Wildman–Crippen MR) is 62.6 cm³/mol. The number of aromatic nitrogens is 1. The molecule has 1 aromatic heterocycles. The van der Waals surface area contributed by atoms with E-state index in [2.05, 4.69) is 17.2 Å². The molecule has 0 radical (unpaired) electrons. The van der Waals surface area contributed by atoms with Crippen molar-refractivity contribution in [2.75, 3.05) is 5.32 Å². The second kappa shape index (κ2) is 4.19. The van der Waals surface area contributed by atoms with Crippen LogP contribution in [0.2, 0.25) is 0 Å². The number of rotatable bonds is 3. The lowest BCUT2D eigenvalue weighted by molar-refractivity contribution is 0.530. The molecule has 0 spiro atoms. The first-order valence-electron chi connectivity index (χ1n) is 5.66. The molecule has 0 atom stereocenters. The molecule has 2 rings (SSSR count). The highest BCUT2D eigenvalue weighted by atomic mass is 15.1. The molecule has 1 aliphatic rings. The van der Waals surface area contributed by atoms with E-state index in [0.717, 1.165) is 11.5 Å². The fraction of sp³-hybridized carbons (Fsp3) is 0.583. The van der Waals surface area contributed by atoms with Crippen molar-refractivity contribution in [1.82, 2.24) is 4.98 Å². The summed E-state index contributed by atoms with van der Waals surface area (Å²) in [4.78, 5) is 4.46. The molecule has 82 valence electrons. The lowest BCUT2D eigenvalue weighted by Crippen LogP contribution is -2.31. The van der Waals surface area contributed by atoms with E-state index in [1.807, 2.05) is 18.2 Å². The molecule has 1 fully saturated rings. The minimum absolute atomic E-state index is 0.236. The molecule has 0 amide bonds. The predicted octanol–water partition coefficient (Wildman–Crippen LogP) is 2.28. The van der Waals surface area contributed by atoms with E-state index in [1.165, 1.54) is 25.7 Å². The Morgan fingerprint density at radius 3 is 2.80 bits per heavy atom. The van der Waals surface area contributed by atoms with E-state index in [9.17, 15) is 0 Å². The van der Waals surface area contributed by atoms with Gasteiger partial charge >= 0.3 is 0 Å². The van der Waals surface area contributed by atoms with Crippen LogP contribution in [0.5, 0.6) is 0 Å². The van der Waals surface area contributed by atoms with Crippen molar-refractivity contribution in [3.05, 3.63) is 23.9 Å². The van der Waals surface area contributed by atoms with Gasteiger partial charge in [-0.2, -0.15) is 0 Å². The van der Waals surface area contributed by atoms with Gasteiger partial charge in [0.2, 0.25) is 0 Å². The number of nitrogens with two attached hydrogens (primary N) is 1. The maximum atomic E-state index is 5.57. The Bertz CT molecular complexity index is 329. The third-order valence-corrected chi connectivity index (χ3v) is 3.15. The Kier molecular flexibility index (Phi) is 2.91. The second-order valence-corrected chi connectivity index (χ2v) is 4.61. The lowest BCUT2D eigenvalue weighted by atomic mass is 10.0. The highest BCUT2D eigenvalue weighted by Gasteiger charge is 2.28. The summed E-state index contributed by atoms with van der Waals surface area (Å²) in [6, 6.07) is 5.99. The summed E-state index contributed by atoms with van der Waals surface area (Å²) in [6.45, 7) is 2.78. The molecule has 1 saturated carbocycles. The maximum absolute atomic E-state index is 5.57. The fourth-order valence-corrected chi connectivity index (χ4v) is 2.25. The van der Waals surface area contributed by atoms with Gasteiger partial charge in [-0.15, -0.1) is 0 Å². The molecule has 1 heterocycles. The number of nitrogens with one attached hydrogen (secondary N) is 1. The van der Waals surface area contributed by atoms with Crippen LogP contribution >= 0.6 is 0 Å². The number of nitrogens with zero attached hydrogens (tertiary/aromatic N) is 1. The van der Waals surface area contributed by atoms with E-state index in [0.29, 0.717) is 6.54 Å². The van der Waals surface area contributed by atoms with Crippen LogP contribution in [0, 0.1) is 0 Å². The molecule has 3 N–H and O–H groups in total. The largest absolute Gasteiger partial charge is 0.365 e. The van der Waals surface area contributed by atoms with Crippen molar-refractivity contribution in [2.24, 2.45) is 5.73 Å². The Balaban J connectivity index is 2.09. The Hall–Kier alpha value is -1.09. The van der Waals surface area contributed by atoms with Crippen molar-refractivity contribution in [1.29, 1.82) is 0 Å². The lowest BCUT2D eigenvalue weighted by Gasteiger charge is -2.26. The van der Waals surface area contributed by atoms with Crippen LogP contribution in [0.4, 0.5) is 5.82 Å². The van der Waals surface area contributed by atoms with Crippen LogP contribution < -0.4 is 11.1 Å². The molecule has 0 saturated heterocycles. The topological polar surface area (TPSA) is 50.9 Å². The summed E-state index contributed by atoms with van der Waals surface area (Å²) in [7, 11) is 0. The first-order chi connectivity index (χ1) is 7.22. The standard InChI is InChI=1S/C12H19N3/c1-12(7-2-3-8-12)15-11-6-4-5-10(9-13)14-11/h4-6H,2-3,7-9,13H2,1H3,(H,14,15). The van der Waals surface area contributed by atoms with Crippen molar-refractivity contribution < 1.29 is 0 Å². The van der Waals surface area contributed by atoms with E-state index < -0.39 is 0 Å². The average molecular weight is 205 g/mol. The first kappa shape index (κ1) is 10.4.